The lowest BCUT2D eigenvalue weighted by atomic mass is 10.0. The van der Waals surface area contributed by atoms with E-state index < -0.39 is 11.2 Å². The Bertz CT molecular complexity index is 1750. The van der Waals surface area contributed by atoms with Crippen molar-refractivity contribution in [3.05, 3.63) is 89.0 Å². The van der Waals surface area contributed by atoms with Gasteiger partial charge in [-0.3, -0.25) is 9.59 Å². The first-order valence-electron chi connectivity index (χ1n) is 12.0. The molecular weight excluding hydrogens is 459 g/mol. The van der Waals surface area contributed by atoms with Gasteiger partial charge in [-0.15, -0.1) is 0 Å². The summed E-state index contributed by atoms with van der Waals surface area (Å²) >= 11 is 0. The summed E-state index contributed by atoms with van der Waals surface area (Å²) in [5.41, 5.74) is 0.819. The number of piperidine rings is 1. The molecule has 0 radical (unpaired) electrons. The van der Waals surface area contributed by atoms with Crippen molar-refractivity contribution < 1.29 is 13.9 Å². The highest BCUT2D eigenvalue weighted by atomic mass is 19.1. The largest absolute Gasteiger partial charge is 0.451 e. The summed E-state index contributed by atoms with van der Waals surface area (Å²) in [7, 11) is 0. The smallest absolute Gasteiger partial charge is 0.259 e. The van der Waals surface area contributed by atoms with Crippen LogP contribution in [0.15, 0.2) is 72.2 Å². The number of imidazole rings is 1. The van der Waals surface area contributed by atoms with Crippen molar-refractivity contribution in [1.82, 2.24) is 19.0 Å². The summed E-state index contributed by atoms with van der Waals surface area (Å²) in [6.45, 7) is 1.22. The first-order valence-corrected chi connectivity index (χ1v) is 12.0. The van der Waals surface area contributed by atoms with E-state index in [0.29, 0.717) is 30.0 Å². The van der Waals surface area contributed by atoms with Crippen LogP contribution in [0.2, 0.25) is 0 Å². The second kappa shape index (κ2) is 7.78. The number of pyridine rings is 1. The molecule has 1 fully saturated rings. The Morgan fingerprint density at radius 3 is 2.64 bits per heavy atom. The monoisotopic (exact) mass is 480 g/mol. The zero-order valence-electron chi connectivity index (χ0n) is 19.3. The molecule has 0 bridgehead atoms. The predicted molar refractivity (Wildman–Crippen MR) is 134 cm³/mol. The van der Waals surface area contributed by atoms with E-state index in [1.54, 1.807) is 23.5 Å². The number of rotatable bonds is 2. The van der Waals surface area contributed by atoms with Gasteiger partial charge in [0.1, 0.15) is 16.8 Å². The minimum Gasteiger partial charge on any atom is -0.451 e. The number of amides is 1. The molecule has 0 saturated carbocycles. The molecule has 0 spiro atoms. The molecule has 0 N–H and O–H groups in total. The van der Waals surface area contributed by atoms with Gasteiger partial charge in [0.2, 0.25) is 5.43 Å². The normalized spacial score (nSPS) is 14.6. The van der Waals surface area contributed by atoms with Crippen LogP contribution < -0.4 is 10.2 Å². The van der Waals surface area contributed by atoms with Gasteiger partial charge in [0.05, 0.1) is 17.4 Å². The Hall–Kier alpha value is -4.46. The van der Waals surface area contributed by atoms with E-state index in [1.165, 1.54) is 17.0 Å². The standard InChI is InChI=1S/C28H21FN4O3/c29-21-14-19-24-27(25(21)32-13-10-30-16-32)36-22-9-8-17-6-2-3-7-18(17)23(22)33(24)15-20(26(19)34)28(35)31-11-4-1-5-12-31/h2-3,6-10,13-16H,1,4-5,11-12H2. The van der Waals surface area contributed by atoms with Gasteiger partial charge in [0.15, 0.2) is 17.3 Å². The Kier molecular flexibility index (Phi) is 4.51. The Morgan fingerprint density at radius 1 is 1.00 bits per heavy atom. The third kappa shape index (κ3) is 2.94. The Labute approximate surface area is 205 Å². The maximum absolute atomic E-state index is 15.6. The zero-order chi connectivity index (χ0) is 24.4. The molecule has 8 heteroatoms. The van der Waals surface area contributed by atoms with Crippen molar-refractivity contribution in [2.24, 2.45) is 0 Å². The molecule has 2 aliphatic heterocycles. The summed E-state index contributed by atoms with van der Waals surface area (Å²) in [6, 6.07) is 12.8. The first kappa shape index (κ1) is 20.9. The van der Waals surface area contributed by atoms with Crippen LogP contribution >= 0.6 is 0 Å². The number of fused-ring (bicyclic) bond motifs is 4. The third-order valence-electron chi connectivity index (χ3n) is 7.12. The number of nitrogens with zero attached hydrogens (tertiary/aromatic N) is 4. The number of aromatic nitrogens is 3. The van der Waals surface area contributed by atoms with Gasteiger partial charge < -0.3 is 18.8 Å². The van der Waals surface area contributed by atoms with Gasteiger partial charge in [-0.05, 0) is 36.8 Å². The summed E-state index contributed by atoms with van der Waals surface area (Å²) in [5, 5.41) is 1.99. The Morgan fingerprint density at radius 2 is 1.83 bits per heavy atom. The molecule has 4 heterocycles. The van der Waals surface area contributed by atoms with Gasteiger partial charge in [-0.1, -0.05) is 30.3 Å². The molecule has 2 aliphatic rings. The zero-order valence-corrected chi connectivity index (χ0v) is 19.3. The van der Waals surface area contributed by atoms with E-state index in [1.807, 2.05) is 41.0 Å². The van der Waals surface area contributed by atoms with Gasteiger partial charge in [0, 0.05) is 37.1 Å². The van der Waals surface area contributed by atoms with E-state index in [-0.39, 0.29) is 28.3 Å². The van der Waals surface area contributed by atoms with E-state index in [0.717, 1.165) is 30.0 Å². The van der Waals surface area contributed by atoms with Crippen LogP contribution in [0.3, 0.4) is 0 Å². The molecule has 36 heavy (non-hydrogen) atoms. The summed E-state index contributed by atoms with van der Waals surface area (Å²) in [5.74, 6) is -0.237. The van der Waals surface area contributed by atoms with E-state index in [9.17, 15) is 9.59 Å². The number of hydrogen-bond donors (Lipinski definition) is 0. The number of benzene rings is 3. The van der Waals surface area contributed by atoms with Crippen molar-refractivity contribution in [3.8, 4) is 22.9 Å². The fourth-order valence-corrected chi connectivity index (χ4v) is 5.42. The molecule has 0 atom stereocenters. The van der Waals surface area contributed by atoms with Crippen molar-refractivity contribution >= 4 is 27.6 Å². The van der Waals surface area contributed by atoms with Crippen LogP contribution in [0.5, 0.6) is 11.5 Å². The summed E-state index contributed by atoms with van der Waals surface area (Å²) < 4.78 is 25.3. The predicted octanol–water partition coefficient (Wildman–Crippen LogP) is 5.20. The van der Waals surface area contributed by atoms with Gasteiger partial charge in [0.25, 0.3) is 5.91 Å². The van der Waals surface area contributed by atoms with Crippen molar-refractivity contribution in [2.75, 3.05) is 13.1 Å². The van der Waals surface area contributed by atoms with E-state index >= 15 is 4.39 Å². The molecule has 7 nitrogen and oxygen atoms in total. The molecule has 7 rings (SSSR count). The van der Waals surface area contributed by atoms with E-state index in [4.69, 9.17) is 4.74 Å². The second-order valence-corrected chi connectivity index (χ2v) is 9.23. The molecule has 0 aliphatic carbocycles. The van der Waals surface area contributed by atoms with Crippen molar-refractivity contribution in [1.29, 1.82) is 0 Å². The number of carbonyl (C=O) groups is 1. The number of likely N-dealkylation sites (tertiary alicyclic amines) is 1. The first-order chi connectivity index (χ1) is 17.6. The van der Waals surface area contributed by atoms with Crippen LogP contribution in [0, 0.1) is 5.82 Å². The van der Waals surface area contributed by atoms with Crippen LogP contribution in [-0.4, -0.2) is 38.0 Å². The van der Waals surface area contributed by atoms with Crippen LogP contribution in [0.4, 0.5) is 4.39 Å². The molecule has 5 aromatic rings. The average Bonchev–Trinajstić information content (AvgIpc) is 3.44. The fraction of sp³-hybridized carbons (Fsp3) is 0.179. The van der Waals surface area contributed by atoms with Crippen LogP contribution in [0.25, 0.3) is 33.1 Å². The lowest BCUT2D eigenvalue weighted by Crippen LogP contribution is -2.38. The summed E-state index contributed by atoms with van der Waals surface area (Å²) in [4.78, 5) is 33.0. The molecule has 1 amide bonds. The van der Waals surface area contributed by atoms with Crippen LogP contribution in [0.1, 0.15) is 29.6 Å². The third-order valence-corrected chi connectivity index (χ3v) is 7.12. The highest BCUT2D eigenvalue weighted by Gasteiger charge is 2.31. The van der Waals surface area contributed by atoms with Crippen molar-refractivity contribution in [2.45, 2.75) is 19.3 Å². The minimum absolute atomic E-state index is 0.0333. The van der Waals surface area contributed by atoms with Crippen LogP contribution in [-0.2, 0) is 0 Å². The number of carbonyl (C=O) groups excluding carboxylic acids is 1. The van der Waals surface area contributed by atoms with Gasteiger partial charge in [-0.2, -0.15) is 0 Å². The van der Waals surface area contributed by atoms with Gasteiger partial charge >= 0.3 is 0 Å². The SMILES string of the molecule is O=C(c1cn2c3c(c(-n4ccnc4)c(F)cc3c1=O)Oc1ccc3ccccc3c1-2)N1CCCCC1. The van der Waals surface area contributed by atoms with E-state index in [2.05, 4.69) is 4.98 Å². The van der Waals surface area contributed by atoms with Crippen molar-refractivity contribution in [3.63, 3.8) is 0 Å². The molecular formula is C28H21FN4O3. The maximum atomic E-state index is 15.6. The lowest BCUT2D eigenvalue weighted by molar-refractivity contribution is 0.0722. The number of halogens is 1. The number of ether oxygens (including phenoxy) is 1. The average molecular weight is 480 g/mol. The molecule has 2 aromatic heterocycles. The molecule has 1 saturated heterocycles. The number of hydrogen-bond acceptors (Lipinski definition) is 4. The lowest BCUT2D eigenvalue weighted by Gasteiger charge is -2.29. The highest BCUT2D eigenvalue weighted by molar-refractivity contribution is 6.03. The molecule has 3 aromatic carbocycles. The minimum atomic E-state index is -0.633. The second-order valence-electron chi connectivity index (χ2n) is 9.23. The molecule has 0 unspecified atom stereocenters. The fourth-order valence-electron chi connectivity index (χ4n) is 5.42. The molecule has 178 valence electrons. The Balaban J connectivity index is 1.60. The quantitative estimate of drug-likeness (QED) is 0.342. The maximum Gasteiger partial charge on any atom is 0.259 e. The highest BCUT2D eigenvalue weighted by Crippen LogP contribution is 2.46. The topological polar surface area (TPSA) is 69.4 Å². The summed E-state index contributed by atoms with van der Waals surface area (Å²) in [6.07, 6.45) is 9.13. The van der Waals surface area contributed by atoms with Gasteiger partial charge in [-0.25, -0.2) is 9.37 Å².